The van der Waals surface area contributed by atoms with Gasteiger partial charge in [-0.15, -0.1) is 0 Å². The van der Waals surface area contributed by atoms with Crippen LogP contribution in [0.25, 0.3) is 0 Å². The Bertz CT molecular complexity index is 662. The van der Waals surface area contributed by atoms with Gasteiger partial charge >= 0.3 is 0 Å². The van der Waals surface area contributed by atoms with Crippen molar-refractivity contribution in [1.82, 2.24) is 0 Å². The molecule has 3 N–H and O–H groups in total. The summed E-state index contributed by atoms with van der Waals surface area (Å²) in [5.41, 5.74) is 2.21. The fraction of sp³-hybridized carbons (Fsp3) is 0.231. The predicted molar refractivity (Wildman–Crippen MR) is 73.2 cm³/mol. The first-order valence-electron chi connectivity index (χ1n) is 5.94. The van der Waals surface area contributed by atoms with Crippen LogP contribution < -0.4 is 10.5 Å². The maximum atomic E-state index is 11.1. The second-order valence-electron chi connectivity index (χ2n) is 4.13. The molecule has 102 valence electrons. The minimum absolute atomic E-state index is 0.215. The van der Waals surface area contributed by atoms with Crippen LogP contribution >= 0.6 is 0 Å². The van der Waals surface area contributed by atoms with Crippen molar-refractivity contribution in [2.75, 3.05) is 5.32 Å². The smallest absolute Gasteiger partial charge is 0.271 e. The van der Waals surface area contributed by atoms with Crippen LogP contribution in [0.2, 0.25) is 0 Å². The monoisotopic (exact) mass is 280 g/mol. The molecule has 0 unspecified atom stereocenters. The number of para-hydroxylation sites is 1. The second kappa shape index (κ2) is 5.46. The van der Waals surface area contributed by atoms with Crippen molar-refractivity contribution >= 4 is 15.7 Å². The Labute approximate surface area is 112 Å². The summed E-state index contributed by atoms with van der Waals surface area (Å²) < 4.78 is 27.3. The van der Waals surface area contributed by atoms with Crippen LogP contribution in [0.4, 0.5) is 5.69 Å². The van der Waals surface area contributed by atoms with Gasteiger partial charge in [0.05, 0.1) is 6.54 Å². The molecule has 2 rings (SSSR count). The third kappa shape index (κ3) is 3.36. The number of nitrogens with two attached hydrogens (primary N) is 1. The predicted octanol–water partition coefficient (Wildman–Crippen LogP) is 2.10. The van der Waals surface area contributed by atoms with Crippen LogP contribution in [0.5, 0.6) is 0 Å². The van der Waals surface area contributed by atoms with Crippen LogP contribution in [0.3, 0.4) is 0 Å². The maximum Gasteiger partial charge on any atom is 0.271 e. The van der Waals surface area contributed by atoms with Crippen LogP contribution in [0.15, 0.2) is 45.9 Å². The Morgan fingerprint density at radius 2 is 1.95 bits per heavy atom. The number of hydrogen-bond donors (Lipinski definition) is 2. The van der Waals surface area contributed by atoms with E-state index in [9.17, 15) is 8.42 Å². The average molecular weight is 280 g/mol. The fourth-order valence-electron chi connectivity index (χ4n) is 1.79. The standard InChI is InChI=1S/C13H16N2O3S/c1-2-10-5-3-4-6-12(10)15-9-11-7-8-13(18-11)19(14,16)17/h3-8,15H,2,9H2,1H3,(H2,14,16,17). The van der Waals surface area contributed by atoms with E-state index in [0.717, 1.165) is 12.1 Å². The summed E-state index contributed by atoms with van der Waals surface area (Å²) in [6, 6.07) is 10.9. The summed E-state index contributed by atoms with van der Waals surface area (Å²) in [4.78, 5) is 0. The number of aryl methyl sites for hydroxylation is 1. The largest absolute Gasteiger partial charge is 0.446 e. The van der Waals surface area contributed by atoms with E-state index >= 15 is 0 Å². The molecule has 1 aromatic heterocycles. The number of rotatable bonds is 5. The highest BCUT2D eigenvalue weighted by Gasteiger charge is 2.13. The van der Waals surface area contributed by atoms with E-state index < -0.39 is 10.0 Å². The molecule has 5 nitrogen and oxygen atoms in total. The molecule has 0 aliphatic rings. The summed E-state index contributed by atoms with van der Waals surface area (Å²) in [5.74, 6) is 0.523. The molecule has 0 aliphatic heterocycles. The molecule has 0 spiro atoms. The second-order valence-corrected chi connectivity index (χ2v) is 5.62. The lowest BCUT2D eigenvalue weighted by molar-refractivity contribution is 0.419. The van der Waals surface area contributed by atoms with E-state index in [0.29, 0.717) is 12.3 Å². The third-order valence-electron chi connectivity index (χ3n) is 2.77. The molecule has 0 amide bonds. The minimum Gasteiger partial charge on any atom is -0.446 e. The van der Waals surface area contributed by atoms with Crippen LogP contribution in [0.1, 0.15) is 18.2 Å². The minimum atomic E-state index is -3.77. The SMILES string of the molecule is CCc1ccccc1NCc1ccc(S(N)(=O)=O)o1. The quantitative estimate of drug-likeness (QED) is 0.878. The maximum absolute atomic E-state index is 11.1. The molecule has 0 fully saturated rings. The summed E-state index contributed by atoms with van der Waals surface area (Å²) in [7, 11) is -3.77. The third-order valence-corrected chi connectivity index (χ3v) is 3.55. The Hall–Kier alpha value is -1.79. The van der Waals surface area contributed by atoms with E-state index in [4.69, 9.17) is 9.56 Å². The first-order valence-corrected chi connectivity index (χ1v) is 7.48. The highest BCUT2D eigenvalue weighted by Crippen LogP contribution is 2.18. The van der Waals surface area contributed by atoms with E-state index in [1.807, 2.05) is 24.3 Å². The molecule has 0 aliphatic carbocycles. The molecule has 1 aromatic carbocycles. The molecule has 0 radical (unpaired) electrons. The summed E-state index contributed by atoms with van der Waals surface area (Å²) in [5, 5.41) is 7.98. The summed E-state index contributed by atoms with van der Waals surface area (Å²) in [6.45, 7) is 2.49. The molecule has 0 bridgehead atoms. The highest BCUT2D eigenvalue weighted by molar-refractivity contribution is 7.89. The molecule has 0 saturated heterocycles. The first-order chi connectivity index (χ1) is 9.00. The number of benzene rings is 1. The topological polar surface area (TPSA) is 85.3 Å². The van der Waals surface area contributed by atoms with Gasteiger partial charge in [-0.3, -0.25) is 0 Å². The van der Waals surface area contributed by atoms with E-state index in [2.05, 4.69) is 12.2 Å². The van der Waals surface area contributed by atoms with Gasteiger partial charge in [0.2, 0.25) is 5.09 Å². The number of furan rings is 1. The van der Waals surface area contributed by atoms with Gasteiger partial charge in [0.25, 0.3) is 10.0 Å². The van der Waals surface area contributed by atoms with Gasteiger partial charge < -0.3 is 9.73 Å². The Morgan fingerprint density at radius 1 is 1.21 bits per heavy atom. The molecule has 1 heterocycles. The normalized spacial score (nSPS) is 11.5. The molecule has 2 aromatic rings. The van der Waals surface area contributed by atoms with Crippen molar-refractivity contribution in [3.05, 3.63) is 47.7 Å². The fourth-order valence-corrected chi connectivity index (χ4v) is 2.27. The lowest BCUT2D eigenvalue weighted by atomic mass is 10.1. The molecule has 19 heavy (non-hydrogen) atoms. The van der Waals surface area contributed by atoms with Crippen molar-refractivity contribution in [3.63, 3.8) is 0 Å². The lowest BCUT2D eigenvalue weighted by Crippen LogP contribution is -2.10. The van der Waals surface area contributed by atoms with Gasteiger partial charge in [0.15, 0.2) is 0 Å². The van der Waals surface area contributed by atoms with E-state index in [-0.39, 0.29) is 5.09 Å². The zero-order valence-electron chi connectivity index (χ0n) is 10.6. The van der Waals surface area contributed by atoms with E-state index in [1.165, 1.54) is 11.6 Å². The Morgan fingerprint density at radius 3 is 2.58 bits per heavy atom. The average Bonchev–Trinajstić information content (AvgIpc) is 2.85. The highest BCUT2D eigenvalue weighted by atomic mass is 32.2. The van der Waals surface area contributed by atoms with Gasteiger partial charge in [-0.05, 0) is 30.2 Å². The molecular weight excluding hydrogens is 264 g/mol. The Kier molecular flexibility index (Phi) is 3.92. The van der Waals surface area contributed by atoms with Gasteiger partial charge in [-0.25, -0.2) is 13.6 Å². The van der Waals surface area contributed by atoms with Crippen molar-refractivity contribution in [3.8, 4) is 0 Å². The van der Waals surface area contributed by atoms with E-state index in [1.54, 1.807) is 6.07 Å². The van der Waals surface area contributed by atoms with Crippen molar-refractivity contribution < 1.29 is 12.8 Å². The Balaban J connectivity index is 2.09. The van der Waals surface area contributed by atoms with Gasteiger partial charge in [0.1, 0.15) is 5.76 Å². The number of primary sulfonamides is 1. The molecule has 0 saturated carbocycles. The van der Waals surface area contributed by atoms with Crippen molar-refractivity contribution in [2.24, 2.45) is 5.14 Å². The van der Waals surface area contributed by atoms with Gasteiger partial charge in [-0.2, -0.15) is 0 Å². The number of anilines is 1. The molecular formula is C13H16N2O3S. The van der Waals surface area contributed by atoms with Crippen LogP contribution in [0, 0.1) is 0 Å². The van der Waals surface area contributed by atoms with Crippen molar-refractivity contribution in [2.45, 2.75) is 25.0 Å². The number of sulfonamides is 1. The number of nitrogens with one attached hydrogen (secondary N) is 1. The zero-order valence-corrected chi connectivity index (χ0v) is 11.4. The van der Waals surface area contributed by atoms with Crippen LogP contribution in [-0.4, -0.2) is 8.42 Å². The van der Waals surface area contributed by atoms with Crippen molar-refractivity contribution in [1.29, 1.82) is 0 Å². The zero-order chi connectivity index (χ0) is 13.9. The first kappa shape index (κ1) is 13.6. The van der Waals surface area contributed by atoms with Gasteiger partial charge in [-0.1, -0.05) is 25.1 Å². The van der Waals surface area contributed by atoms with Gasteiger partial charge in [0, 0.05) is 5.69 Å². The van der Waals surface area contributed by atoms with Crippen LogP contribution in [-0.2, 0) is 23.0 Å². The summed E-state index contributed by atoms with van der Waals surface area (Å²) >= 11 is 0. The molecule has 6 heteroatoms. The number of hydrogen-bond acceptors (Lipinski definition) is 4. The summed E-state index contributed by atoms with van der Waals surface area (Å²) in [6.07, 6.45) is 0.920. The lowest BCUT2D eigenvalue weighted by Gasteiger charge is -2.09. The molecule has 0 atom stereocenters.